The molecule has 0 fully saturated rings. The first-order valence-electron chi connectivity index (χ1n) is 10.3. The Morgan fingerprint density at radius 1 is 0.909 bits per heavy atom. The van der Waals surface area contributed by atoms with E-state index >= 15 is 0 Å². The van der Waals surface area contributed by atoms with Gasteiger partial charge >= 0.3 is 5.97 Å². The molecular formula is C24H17NO8. The zero-order valence-electron chi connectivity index (χ0n) is 17.5. The van der Waals surface area contributed by atoms with Crippen LogP contribution in [0.2, 0.25) is 0 Å². The number of carbonyl (C=O) groups excluding carboxylic acids is 3. The SMILES string of the molecule is CC(=O)OCCN1C(=O)c2cc3ccc4c(c3c(-c3ccc5c(c3)OCO5)c2C1=O)OCO4. The molecule has 0 aliphatic carbocycles. The lowest BCUT2D eigenvalue weighted by atomic mass is 9.89. The largest absolute Gasteiger partial charge is 0.464 e. The third-order valence-corrected chi connectivity index (χ3v) is 5.86. The predicted octanol–water partition coefficient (Wildman–Crippen LogP) is 3.12. The number of rotatable bonds is 4. The molecule has 0 bridgehead atoms. The molecule has 9 heteroatoms. The van der Waals surface area contributed by atoms with Crippen molar-refractivity contribution in [2.75, 3.05) is 26.7 Å². The Kier molecular flexibility index (Phi) is 4.19. The lowest BCUT2D eigenvalue weighted by Crippen LogP contribution is -2.33. The van der Waals surface area contributed by atoms with Crippen molar-refractivity contribution >= 4 is 28.6 Å². The Hall–Kier alpha value is -4.27. The van der Waals surface area contributed by atoms with Crippen LogP contribution in [0.5, 0.6) is 23.0 Å². The summed E-state index contributed by atoms with van der Waals surface area (Å²) in [5, 5.41) is 1.40. The van der Waals surface area contributed by atoms with Crippen LogP contribution in [0.4, 0.5) is 0 Å². The number of esters is 1. The average Bonchev–Trinajstić information content (AvgIpc) is 3.52. The molecule has 0 radical (unpaired) electrons. The summed E-state index contributed by atoms with van der Waals surface area (Å²) >= 11 is 0. The van der Waals surface area contributed by atoms with Gasteiger partial charge in [0, 0.05) is 17.9 Å². The summed E-state index contributed by atoms with van der Waals surface area (Å²) in [7, 11) is 0. The van der Waals surface area contributed by atoms with Gasteiger partial charge in [-0.2, -0.15) is 0 Å². The third-order valence-electron chi connectivity index (χ3n) is 5.86. The first kappa shape index (κ1) is 19.4. The summed E-state index contributed by atoms with van der Waals surface area (Å²) in [6, 6.07) is 10.7. The smallest absolute Gasteiger partial charge is 0.302 e. The summed E-state index contributed by atoms with van der Waals surface area (Å²) in [6.45, 7) is 1.33. The van der Waals surface area contributed by atoms with Crippen LogP contribution in [0, 0.1) is 0 Å². The Bertz CT molecular complexity index is 1380. The van der Waals surface area contributed by atoms with Gasteiger partial charge in [0.05, 0.1) is 17.7 Å². The highest BCUT2D eigenvalue weighted by molar-refractivity contribution is 6.28. The van der Waals surface area contributed by atoms with E-state index in [4.69, 9.17) is 23.7 Å². The van der Waals surface area contributed by atoms with E-state index in [1.54, 1.807) is 24.3 Å². The number of carbonyl (C=O) groups is 3. The van der Waals surface area contributed by atoms with Gasteiger partial charge in [-0.1, -0.05) is 12.1 Å². The number of hydrogen-bond donors (Lipinski definition) is 0. The van der Waals surface area contributed by atoms with Gasteiger partial charge in [-0.05, 0) is 35.2 Å². The molecule has 9 nitrogen and oxygen atoms in total. The van der Waals surface area contributed by atoms with Crippen molar-refractivity contribution in [1.29, 1.82) is 0 Å². The molecule has 6 rings (SSSR count). The highest BCUT2D eigenvalue weighted by atomic mass is 16.7. The van der Waals surface area contributed by atoms with Crippen molar-refractivity contribution in [2.24, 2.45) is 0 Å². The third kappa shape index (κ3) is 2.89. The molecule has 0 aromatic heterocycles. The minimum Gasteiger partial charge on any atom is -0.464 e. The van der Waals surface area contributed by atoms with E-state index in [0.29, 0.717) is 39.5 Å². The van der Waals surface area contributed by atoms with Gasteiger partial charge in [0.25, 0.3) is 11.8 Å². The van der Waals surface area contributed by atoms with E-state index in [2.05, 4.69) is 0 Å². The maximum atomic E-state index is 13.5. The molecule has 0 spiro atoms. The Labute approximate surface area is 187 Å². The van der Waals surface area contributed by atoms with Gasteiger partial charge in [-0.25, -0.2) is 0 Å². The van der Waals surface area contributed by atoms with Crippen molar-refractivity contribution in [1.82, 2.24) is 4.90 Å². The first-order chi connectivity index (χ1) is 16.0. The van der Waals surface area contributed by atoms with E-state index in [-0.39, 0.29) is 37.9 Å². The van der Waals surface area contributed by atoms with Crippen LogP contribution >= 0.6 is 0 Å². The van der Waals surface area contributed by atoms with Crippen LogP contribution < -0.4 is 18.9 Å². The van der Waals surface area contributed by atoms with Crippen LogP contribution in [0.3, 0.4) is 0 Å². The molecule has 3 heterocycles. The number of imide groups is 1. The molecule has 3 aromatic carbocycles. The molecule has 0 atom stereocenters. The van der Waals surface area contributed by atoms with Gasteiger partial charge < -0.3 is 23.7 Å². The zero-order valence-corrected chi connectivity index (χ0v) is 17.5. The molecule has 166 valence electrons. The monoisotopic (exact) mass is 447 g/mol. The second-order valence-electron chi connectivity index (χ2n) is 7.74. The van der Waals surface area contributed by atoms with Gasteiger partial charge in [0.1, 0.15) is 6.61 Å². The molecule has 0 N–H and O–H groups in total. The number of nitrogens with zero attached hydrogens (tertiary/aromatic N) is 1. The number of amides is 2. The quantitative estimate of drug-likeness (QED) is 0.444. The van der Waals surface area contributed by atoms with E-state index in [1.807, 2.05) is 12.1 Å². The second-order valence-corrected chi connectivity index (χ2v) is 7.74. The van der Waals surface area contributed by atoms with Crippen LogP contribution in [0.25, 0.3) is 21.9 Å². The highest BCUT2D eigenvalue weighted by Gasteiger charge is 2.40. The highest BCUT2D eigenvalue weighted by Crippen LogP contribution is 2.49. The minimum atomic E-state index is -0.480. The number of fused-ring (bicyclic) bond motifs is 5. The Morgan fingerprint density at radius 3 is 2.52 bits per heavy atom. The van der Waals surface area contributed by atoms with E-state index in [9.17, 15) is 14.4 Å². The van der Waals surface area contributed by atoms with E-state index in [0.717, 1.165) is 10.3 Å². The summed E-state index contributed by atoms with van der Waals surface area (Å²) < 4.78 is 27.2. The fourth-order valence-corrected chi connectivity index (χ4v) is 4.44. The summed E-state index contributed by atoms with van der Waals surface area (Å²) in [6.07, 6.45) is 0. The van der Waals surface area contributed by atoms with Crippen molar-refractivity contribution in [3.63, 3.8) is 0 Å². The lowest BCUT2D eigenvalue weighted by Gasteiger charge is -2.15. The summed E-state index contributed by atoms with van der Waals surface area (Å²) in [4.78, 5) is 38.9. The van der Waals surface area contributed by atoms with Gasteiger partial charge in [-0.15, -0.1) is 0 Å². The van der Waals surface area contributed by atoms with Crippen molar-refractivity contribution in [3.8, 4) is 34.1 Å². The second kappa shape index (κ2) is 7.13. The molecule has 0 saturated heterocycles. The maximum Gasteiger partial charge on any atom is 0.302 e. The van der Waals surface area contributed by atoms with Gasteiger partial charge in [0.15, 0.2) is 23.0 Å². The Balaban J connectivity index is 1.58. The normalized spacial score (nSPS) is 15.4. The molecule has 3 aliphatic rings. The molecule has 0 unspecified atom stereocenters. The van der Waals surface area contributed by atoms with Crippen molar-refractivity contribution in [3.05, 3.63) is 47.5 Å². The zero-order chi connectivity index (χ0) is 22.7. The fourth-order valence-electron chi connectivity index (χ4n) is 4.44. The predicted molar refractivity (Wildman–Crippen MR) is 114 cm³/mol. The minimum absolute atomic E-state index is 0.0411. The van der Waals surface area contributed by atoms with Crippen LogP contribution in [-0.2, 0) is 9.53 Å². The molecular weight excluding hydrogens is 430 g/mol. The van der Waals surface area contributed by atoms with Crippen LogP contribution in [0.1, 0.15) is 27.6 Å². The molecule has 0 saturated carbocycles. The molecule has 3 aromatic rings. The average molecular weight is 447 g/mol. The molecule has 2 amide bonds. The maximum absolute atomic E-state index is 13.5. The number of ether oxygens (including phenoxy) is 5. The number of benzene rings is 3. The van der Waals surface area contributed by atoms with Gasteiger partial charge in [0.2, 0.25) is 13.6 Å². The lowest BCUT2D eigenvalue weighted by molar-refractivity contribution is -0.141. The fraction of sp³-hybridized carbons (Fsp3) is 0.208. The van der Waals surface area contributed by atoms with Crippen molar-refractivity contribution in [2.45, 2.75) is 6.92 Å². The standard InChI is InChI=1S/C24H17NO8/c1-12(26)29-7-6-25-23(27)15-8-13-3-5-17-22(33-11-31-17)20(13)19(21(15)24(25)28)14-2-4-16-18(9-14)32-10-30-16/h2-5,8-9H,6-7,10-11H2,1H3. The van der Waals surface area contributed by atoms with Crippen LogP contribution in [-0.4, -0.2) is 49.4 Å². The summed E-state index contributed by atoms with van der Waals surface area (Å²) in [5.41, 5.74) is 1.77. The summed E-state index contributed by atoms with van der Waals surface area (Å²) in [5.74, 6) is 0.843. The van der Waals surface area contributed by atoms with E-state index < -0.39 is 17.8 Å². The van der Waals surface area contributed by atoms with E-state index in [1.165, 1.54) is 6.92 Å². The van der Waals surface area contributed by atoms with Gasteiger partial charge in [-0.3, -0.25) is 19.3 Å². The Morgan fingerprint density at radius 2 is 1.67 bits per heavy atom. The van der Waals surface area contributed by atoms with Crippen LogP contribution in [0.15, 0.2) is 36.4 Å². The topological polar surface area (TPSA) is 101 Å². The van der Waals surface area contributed by atoms with Crippen molar-refractivity contribution < 1.29 is 38.1 Å². The first-order valence-corrected chi connectivity index (χ1v) is 10.3. The number of hydrogen-bond acceptors (Lipinski definition) is 8. The molecule has 33 heavy (non-hydrogen) atoms. The molecule has 3 aliphatic heterocycles.